The Morgan fingerprint density at radius 2 is 2.04 bits per heavy atom. The lowest BCUT2D eigenvalue weighted by Crippen LogP contribution is -2.46. The van der Waals surface area contributed by atoms with E-state index in [9.17, 15) is 9.59 Å². The van der Waals surface area contributed by atoms with E-state index >= 15 is 0 Å². The average Bonchev–Trinajstić information content (AvgIpc) is 3.04. The molecule has 6 heteroatoms. The van der Waals surface area contributed by atoms with Crippen LogP contribution >= 0.6 is 0 Å². The summed E-state index contributed by atoms with van der Waals surface area (Å²) in [6, 6.07) is 9.94. The van der Waals surface area contributed by atoms with Crippen LogP contribution in [0.5, 0.6) is 0 Å². The van der Waals surface area contributed by atoms with Gasteiger partial charge in [-0.1, -0.05) is 18.2 Å². The summed E-state index contributed by atoms with van der Waals surface area (Å²) in [6.07, 6.45) is 2.24. The van der Waals surface area contributed by atoms with Gasteiger partial charge in [0.05, 0.1) is 6.61 Å². The van der Waals surface area contributed by atoms with Crippen molar-refractivity contribution in [3.63, 3.8) is 0 Å². The van der Waals surface area contributed by atoms with Gasteiger partial charge >= 0.3 is 6.09 Å². The molecule has 1 N–H and O–H groups in total. The van der Waals surface area contributed by atoms with Crippen molar-refractivity contribution >= 4 is 23.0 Å². The molecule has 1 aromatic carbocycles. The molecule has 2 amide bonds. The number of nitrogens with zero attached hydrogens (tertiary/aromatic N) is 1. The SMILES string of the molecule is CCOC(=O)N1CCC(NC(=O)CCc2cc3ccccc3o2)CC1. The molecule has 0 unspecified atom stereocenters. The summed E-state index contributed by atoms with van der Waals surface area (Å²) in [4.78, 5) is 25.5. The van der Waals surface area contributed by atoms with Gasteiger partial charge in [0.25, 0.3) is 0 Å². The first-order valence-electron chi connectivity index (χ1n) is 8.84. The molecular formula is C19H24N2O4. The van der Waals surface area contributed by atoms with Gasteiger partial charge in [-0.15, -0.1) is 0 Å². The highest BCUT2D eigenvalue weighted by Gasteiger charge is 2.24. The summed E-state index contributed by atoms with van der Waals surface area (Å²) in [7, 11) is 0. The van der Waals surface area contributed by atoms with E-state index in [1.807, 2.05) is 30.3 Å². The zero-order valence-corrected chi connectivity index (χ0v) is 14.5. The standard InChI is InChI=1S/C19H24N2O4/c1-2-24-19(23)21-11-9-15(10-12-21)20-18(22)8-7-16-13-14-5-3-4-6-17(14)25-16/h3-6,13,15H,2,7-12H2,1H3,(H,20,22). The number of hydrogen-bond acceptors (Lipinski definition) is 4. The van der Waals surface area contributed by atoms with E-state index in [0.29, 0.717) is 32.5 Å². The second-order valence-electron chi connectivity index (χ2n) is 6.28. The third-order valence-electron chi connectivity index (χ3n) is 4.46. The Kier molecular flexibility index (Phi) is 5.58. The van der Waals surface area contributed by atoms with Crippen molar-refractivity contribution in [2.24, 2.45) is 0 Å². The second-order valence-corrected chi connectivity index (χ2v) is 6.28. The molecular weight excluding hydrogens is 320 g/mol. The van der Waals surface area contributed by atoms with Gasteiger partial charge < -0.3 is 19.4 Å². The molecule has 134 valence electrons. The first-order chi connectivity index (χ1) is 12.2. The fraction of sp³-hybridized carbons (Fsp3) is 0.474. The molecule has 0 bridgehead atoms. The van der Waals surface area contributed by atoms with Crippen molar-refractivity contribution < 1.29 is 18.7 Å². The lowest BCUT2D eigenvalue weighted by Gasteiger charge is -2.31. The Morgan fingerprint density at radius 3 is 2.76 bits per heavy atom. The van der Waals surface area contributed by atoms with Crippen molar-refractivity contribution in [1.82, 2.24) is 10.2 Å². The Morgan fingerprint density at radius 1 is 1.28 bits per heavy atom. The first-order valence-corrected chi connectivity index (χ1v) is 8.84. The highest BCUT2D eigenvalue weighted by atomic mass is 16.6. The van der Waals surface area contributed by atoms with Gasteiger partial charge in [-0.3, -0.25) is 4.79 Å². The number of hydrogen-bond donors (Lipinski definition) is 1. The summed E-state index contributed by atoms with van der Waals surface area (Å²) >= 11 is 0. The minimum atomic E-state index is -0.267. The number of amides is 2. The number of carbonyl (C=O) groups excluding carboxylic acids is 2. The highest BCUT2D eigenvalue weighted by molar-refractivity contribution is 5.79. The minimum Gasteiger partial charge on any atom is -0.461 e. The quantitative estimate of drug-likeness (QED) is 0.905. The average molecular weight is 344 g/mol. The maximum absolute atomic E-state index is 12.2. The van der Waals surface area contributed by atoms with Crippen LogP contribution < -0.4 is 5.32 Å². The maximum Gasteiger partial charge on any atom is 0.409 e. The number of nitrogens with one attached hydrogen (secondary N) is 1. The van der Waals surface area contributed by atoms with Gasteiger partial charge in [0.1, 0.15) is 11.3 Å². The van der Waals surface area contributed by atoms with Crippen LogP contribution in [0.3, 0.4) is 0 Å². The summed E-state index contributed by atoms with van der Waals surface area (Å²) in [5, 5.41) is 4.11. The zero-order valence-electron chi connectivity index (χ0n) is 14.5. The fourth-order valence-electron chi connectivity index (χ4n) is 3.12. The largest absolute Gasteiger partial charge is 0.461 e. The van der Waals surface area contributed by atoms with E-state index in [-0.39, 0.29) is 18.0 Å². The van der Waals surface area contributed by atoms with E-state index in [1.54, 1.807) is 11.8 Å². The van der Waals surface area contributed by atoms with Gasteiger partial charge in [0.15, 0.2) is 0 Å². The van der Waals surface area contributed by atoms with Crippen LogP contribution in [0.25, 0.3) is 11.0 Å². The number of benzene rings is 1. The molecule has 2 heterocycles. The summed E-state index contributed by atoms with van der Waals surface area (Å²) < 4.78 is 10.7. The van der Waals surface area contributed by atoms with Crippen molar-refractivity contribution in [3.05, 3.63) is 36.1 Å². The Hall–Kier alpha value is -2.50. The monoisotopic (exact) mass is 344 g/mol. The fourth-order valence-corrected chi connectivity index (χ4v) is 3.12. The van der Waals surface area contributed by atoms with Gasteiger partial charge in [0.2, 0.25) is 5.91 Å². The molecule has 1 aliphatic heterocycles. The number of fused-ring (bicyclic) bond motifs is 1. The van der Waals surface area contributed by atoms with Crippen LogP contribution in [0.2, 0.25) is 0 Å². The molecule has 1 saturated heterocycles. The van der Waals surface area contributed by atoms with Crippen LogP contribution in [0.4, 0.5) is 4.79 Å². The number of likely N-dealkylation sites (tertiary alicyclic amines) is 1. The third kappa shape index (κ3) is 4.53. The number of para-hydroxylation sites is 1. The maximum atomic E-state index is 12.2. The number of piperidine rings is 1. The van der Waals surface area contributed by atoms with E-state index in [0.717, 1.165) is 29.6 Å². The zero-order chi connectivity index (χ0) is 17.6. The molecule has 0 spiro atoms. The smallest absolute Gasteiger partial charge is 0.409 e. The van der Waals surface area contributed by atoms with Gasteiger partial charge in [-0.25, -0.2) is 4.79 Å². The lowest BCUT2D eigenvalue weighted by atomic mass is 10.1. The number of rotatable bonds is 5. The normalized spacial score (nSPS) is 15.3. The molecule has 3 rings (SSSR count). The molecule has 0 radical (unpaired) electrons. The second kappa shape index (κ2) is 8.05. The molecule has 6 nitrogen and oxygen atoms in total. The van der Waals surface area contributed by atoms with E-state index in [1.165, 1.54) is 0 Å². The van der Waals surface area contributed by atoms with Crippen LogP contribution in [-0.2, 0) is 16.0 Å². The third-order valence-corrected chi connectivity index (χ3v) is 4.46. The van der Waals surface area contributed by atoms with E-state index in [2.05, 4.69) is 5.32 Å². The predicted molar refractivity (Wildman–Crippen MR) is 94.3 cm³/mol. The summed E-state index contributed by atoms with van der Waals surface area (Å²) in [6.45, 7) is 3.42. The van der Waals surface area contributed by atoms with Crippen molar-refractivity contribution in [2.45, 2.75) is 38.6 Å². The molecule has 0 atom stereocenters. The van der Waals surface area contributed by atoms with Gasteiger partial charge in [0, 0.05) is 37.4 Å². The molecule has 25 heavy (non-hydrogen) atoms. The highest BCUT2D eigenvalue weighted by Crippen LogP contribution is 2.20. The van der Waals surface area contributed by atoms with Crippen LogP contribution in [0.15, 0.2) is 34.7 Å². The lowest BCUT2D eigenvalue weighted by molar-refractivity contribution is -0.122. The number of ether oxygens (including phenoxy) is 1. The number of aryl methyl sites for hydroxylation is 1. The molecule has 0 aliphatic carbocycles. The molecule has 2 aromatic rings. The molecule has 0 saturated carbocycles. The topological polar surface area (TPSA) is 71.8 Å². The Balaban J connectivity index is 1.42. The summed E-state index contributed by atoms with van der Waals surface area (Å²) in [5.74, 6) is 0.850. The van der Waals surface area contributed by atoms with Crippen LogP contribution in [-0.4, -0.2) is 42.6 Å². The van der Waals surface area contributed by atoms with E-state index in [4.69, 9.17) is 9.15 Å². The van der Waals surface area contributed by atoms with Crippen LogP contribution in [0, 0.1) is 0 Å². The number of furan rings is 1. The minimum absolute atomic E-state index is 0.0232. The number of carbonyl (C=O) groups is 2. The van der Waals surface area contributed by atoms with E-state index < -0.39 is 0 Å². The van der Waals surface area contributed by atoms with Crippen molar-refractivity contribution in [2.75, 3.05) is 19.7 Å². The van der Waals surface area contributed by atoms with Crippen LogP contribution in [0.1, 0.15) is 31.9 Å². The molecule has 1 aliphatic rings. The van der Waals surface area contributed by atoms with Gasteiger partial charge in [-0.2, -0.15) is 0 Å². The van der Waals surface area contributed by atoms with Crippen molar-refractivity contribution in [1.29, 1.82) is 0 Å². The molecule has 1 fully saturated rings. The Bertz CT molecular complexity index is 699. The Labute approximate surface area is 147 Å². The molecule has 1 aromatic heterocycles. The summed E-state index contributed by atoms with van der Waals surface area (Å²) in [5.41, 5.74) is 0.851. The van der Waals surface area contributed by atoms with Crippen molar-refractivity contribution in [3.8, 4) is 0 Å². The predicted octanol–water partition coefficient (Wildman–Crippen LogP) is 3.10. The van der Waals surface area contributed by atoms with Gasteiger partial charge in [-0.05, 0) is 31.9 Å². The first kappa shape index (κ1) is 17.3.